The molecule has 1 aromatic rings. The van der Waals surface area contributed by atoms with Crippen LogP contribution in [0, 0.1) is 5.92 Å². The Bertz CT molecular complexity index is 336. The molecule has 1 saturated carbocycles. The zero-order valence-electron chi connectivity index (χ0n) is 8.71. The van der Waals surface area contributed by atoms with Gasteiger partial charge >= 0.3 is 0 Å². The lowest BCUT2D eigenvalue weighted by Gasteiger charge is -2.07. The van der Waals surface area contributed by atoms with Crippen LogP contribution in [0.25, 0.3) is 0 Å². The second kappa shape index (κ2) is 4.80. The van der Waals surface area contributed by atoms with E-state index in [-0.39, 0.29) is 5.78 Å². The number of hydrogen-bond acceptors (Lipinski definition) is 1. The molecule has 2 heteroatoms. The molecule has 15 heavy (non-hydrogen) atoms. The number of ketones is 1. The molecule has 0 saturated heterocycles. The maximum atomic E-state index is 11.9. The molecule has 0 aromatic heterocycles. The Balaban J connectivity index is 1.98. The Kier molecular flexibility index (Phi) is 3.42. The highest BCUT2D eigenvalue weighted by atomic mass is 35.5. The Labute approximate surface area is 95.4 Å². The third kappa shape index (κ3) is 2.82. The van der Waals surface area contributed by atoms with Crippen LogP contribution in [-0.2, 0) is 0 Å². The minimum Gasteiger partial charge on any atom is -0.294 e. The van der Waals surface area contributed by atoms with Gasteiger partial charge in [-0.25, -0.2) is 0 Å². The van der Waals surface area contributed by atoms with Crippen LogP contribution in [0.1, 0.15) is 42.5 Å². The van der Waals surface area contributed by atoms with Gasteiger partial charge in [0.1, 0.15) is 0 Å². The van der Waals surface area contributed by atoms with Crippen molar-refractivity contribution in [2.75, 3.05) is 0 Å². The number of Topliss-reactive ketones (excluding diaryl/α,β-unsaturated/α-hetero) is 1. The van der Waals surface area contributed by atoms with E-state index in [4.69, 9.17) is 11.6 Å². The first kappa shape index (κ1) is 10.7. The largest absolute Gasteiger partial charge is 0.294 e. The number of benzene rings is 1. The van der Waals surface area contributed by atoms with Gasteiger partial charge in [0.05, 0.1) is 0 Å². The van der Waals surface area contributed by atoms with E-state index in [1.807, 2.05) is 12.1 Å². The van der Waals surface area contributed by atoms with Gasteiger partial charge in [-0.3, -0.25) is 4.79 Å². The maximum absolute atomic E-state index is 11.9. The fourth-order valence-corrected chi connectivity index (χ4v) is 2.36. The van der Waals surface area contributed by atoms with Crippen molar-refractivity contribution in [2.45, 2.75) is 32.1 Å². The Morgan fingerprint density at radius 3 is 2.40 bits per heavy atom. The predicted molar refractivity (Wildman–Crippen MR) is 62.4 cm³/mol. The molecule has 0 amide bonds. The molecule has 1 fully saturated rings. The molecule has 80 valence electrons. The highest BCUT2D eigenvalue weighted by Crippen LogP contribution is 2.28. The second-order valence-electron chi connectivity index (χ2n) is 4.28. The van der Waals surface area contributed by atoms with Crippen molar-refractivity contribution in [2.24, 2.45) is 5.92 Å². The van der Waals surface area contributed by atoms with Gasteiger partial charge in [-0.05, 0) is 30.2 Å². The van der Waals surface area contributed by atoms with Crippen LogP contribution < -0.4 is 0 Å². The normalized spacial score (nSPS) is 16.9. The van der Waals surface area contributed by atoms with E-state index in [2.05, 4.69) is 0 Å². The zero-order chi connectivity index (χ0) is 10.7. The molecule has 1 aliphatic rings. The van der Waals surface area contributed by atoms with Gasteiger partial charge in [-0.15, -0.1) is 0 Å². The van der Waals surface area contributed by atoms with E-state index in [0.29, 0.717) is 17.4 Å². The lowest BCUT2D eigenvalue weighted by Crippen LogP contribution is -2.05. The van der Waals surface area contributed by atoms with Crippen LogP contribution in [-0.4, -0.2) is 5.78 Å². The van der Waals surface area contributed by atoms with Gasteiger partial charge in [-0.2, -0.15) is 0 Å². The quantitative estimate of drug-likeness (QED) is 0.704. The third-order valence-corrected chi connectivity index (χ3v) is 3.37. The average molecular weight is 223 g/mol. The Hall–Kier alpha value is -0.820. The standard InChI is InChI=1S/C13H15ClO/c14-12-7-5-11(6-8-12)13(15)9-10-3-1-2-4-10/h5-8,10H,1-4,9H2. The van der Waals surface area contributed by atoms with Gasteiger partial charge in [0.15, 0.2) is 5.78 Å². The van der Waals surface area contributed by atoms with Crippen LogP contribution in [0.5, 0.6) is 0 Å². The van der Waals surface area contributed by atoms with Crippen molar-refractivity contribution in [3.63, 3.8) is 0 Å². The number of carbonyl (C=O) groups is 1. The molecule has 0 radical (unpaired) electrons. The molecule has 1 aromatic carbocycles. The summed E-state index contributed by atoms with van der Waals surface area (Å²) in [6.45, 7) is 0. The van der Waals surface area contributed by atoms with Crippen molar-refractivity contribution in [1.82, 2.24) is 0 Å². The molecule has 2 rings (SSSR count). The van der Waals surface area contributed by atoms with E-state index < -0.39 is 0 Å². The van der Waals surface area contributed by atoms with Crippen LogP contribution in [0.2, 0.25) is 5.02 Å². The predicted octanol–water partition coefficient (Wildman–Crippen LogP) is 4.10. The molecule has 0 aliphatic heterocycles. The summed E-state index contributed by atoms with van der Waals surface area (Å²) >= 11 is 5.78. The summed E-state index contributed by atoms with van der Waals surface area (Å²) in [4.78, 5) is 11.9. The Morgan fingerprint density at radius 1 is 1.20 bits per heavy atom. The fourth-order valence-electron chi connectivity index (χ4n) is 2.23. The van der Waals surface area contributed by atoms with Crippen molar-refractivity contribution in [1.29, 1.82) is 0 Å². The van der Waals surface area contributed by atoms with Crippen molar-refractivity contribution in [3.8, 4) is 0 Å². The minimum atomic E-state index is 0.263. The van der Waals surface area contributed by atoms with Gasteiger partial charge in [0, 0.05) is 17.0 Å². The molecular weight excluding hydrogens is 208 g/mol. The molecule has 0 heterocycles. The van der Waals surface area contributed by atoms with Gasteiger partial charge in [0.25, 0.3) is 0 Å². The van der Waals surface area contributed by atoms with Gasteiger partial charge < -0.3 is 0 Å². The minimum absolute atomic E-state index is 0.263. The van der Waals surface area contributed by atoms with Crippen molar-refractivity contribution < 1.29 is 4.79 Å². The monoisotopic (exact) mass is 222 g/mol. The first-order valence-corrected chi connectivity index (χ1v) is 5.92. The fraction of sp³-hybridized carbons (Fsp3) is 0.462. The second-order valence-corrected chi connectivity index (χ2v) is 4.72. The van der Waals surface area contributed by atoms with Crippen LogP contribution in [0.15, 0.2) is 24.3 Å². The van der Waals surface area contributed by atoms with Crippen molar-refractivity contribution >= 4 is 17.4 Å². The molecule has 0 spiro atoms. The van der Waals surface area contributed by atoms with Crippen LogP contribution >= 0.6 is 11.6 Å². The lowest BCUT2D eigenvalue weighted by molar-refractivity contribution is 0.0962. The molecule has 1 aliphatic carbocycles. The van der Waals surface area contributed by atoms with E-state index >= 15 is 0 Å². The first-order chi connectivity index (χ1) is 7.25. The number of rotatable bonds is 3. The lowest BCUT2D eigenvalue weighted by atomic mass is 9.97. The SMILES string of the molecule is O=C(CC1CCCC1)c1ccc(Cl)cc1. The Morgan fingerprint density at radius 2 is 1.80 bits per heavy atom. The molecule has 0 unspecified atom stereocenters. The molecule has 0 atom stereocenters. The topological polar surface area (TPSA) is 17.1 Å². The smallest absolute Gasteiger partial charge is 0.163 e. The van der Waals surface area contributed by atoms with E-state index in [1.165, 1.54) is 25.7 Å². The highest BCUT2D eigenvalue weighted by Gasteiger charge is 2.18. The van der Waals surface area contributed by atoms with E-state index in [1.54, 1.807) is 12.1 Å². The van der Waals surface area contributed by atoms with E-state index in [0.717, 1.165) is 5.56 Å². The van der Waals surface area contributed by atoms with Crippen molar-refractivity contribution in [3.05, 3.63) is 34.9 Å². The summed E-state index contributed by atoms with van der Waals surface area (Å²) < 4.78 is 0. The average Bonchev–Trinajstić information content (AvgIpc) is 2.71. The maximum Gasteiger partial charge on any atom is 0.163 e. The third-order valence-electron chi connectivity index (χ3n) is 3.12. The summed E-state index contributed by atoms with van der Waals surface area (Å²) in [5.74, 6) is 0.881. The number of carbonyl (C=O) groups excluding carboxylic acids is 1. The molecular formula is C13H15ClO. The van der Waals surface area contributed by atoms with Gasteiger partial charge in [0.2, 0.25) is 0 Å². The number of hydrogen-bond donors (Lipinski definition) is 0. The van der Waals surface area contributed by atoms with Gasteiger partial charge in [-0.1, -0.05) is 37.3 Å². The highest BCUT2D eigenvalue weighted by molar-refractivity contribution is 6.30. The molecule has 0 bridgehead atoms. The number of halogens is 1. The summed E-state index contributed by atoms with van der Waals surface area (Å²) in [6.07, 6.45) is 5.73. The molecule has 1 nitrogen and oxygen atoms in total. The molecule has 0 N–H and O–H groups in total. The summed E-state index contributed by atoms with van der Waals surface area (Å²) in [6, 6.07) is 7.20. The van der Waals surface area contributed by atoms with Crippen LogP contribution in [0.4, 0.5) is 0 Å². The van der Waals surface area contributed by atoms with E-state index in [9.17, 15) is 4.79 Å². The summed E-state index contributed by atoms with van der Waals surface area (Å²) in [5.41, 5.74) is 0.798. The summed E-state index contributed by atoms with van der Waals surface area (Å²) in [7, 11) is 0. The summed E-state index contributed by atoms with van der Waals surface area (Å²) in [5, 5.41) is 0.687. The first-order valence-electron chi connectivity index (χ1n) is 5.54. The zero-order valence-corrected chi connectivity index (χ0v) is 9.46. The van der Waals surface area contributed by atoms with Crippen LogP contribution in [0.3, 0.4) is 0 Å².